The highest BCUT2D eigenvalue weighted by Crippen LogP contribution is 2.26. The Bertz CT molecular complexity index is 551. The number of amides is 1. The Kier molecular flexibility index (Phi) is 4.90. The van der Waals surface area contributed by atoms with E-state index in [1.54, 1.807) is 0 Å². The molecule has 1 aliphatic heterocycles. The van der Waals surface area contributed by atoms with Gasteiger partial charge in [0.1, 0.15) is 5.75 Å². The van der Waals surface area contributed by atoms with Crippen LogP contribution in [-0.4, -0.2) is 16.8 Å². The van der Waals surface area contributed by atoms with Crippen LogP contribution in [-0.2, 0) is 17.6 Å². The molecule has 0 spiro atoms. The number of aromatic hydroxyl groups is 1. The van der Waals surface area contributed by atoms with E-state index in [-0.39, 0.29) is 5.91 Å². The zero-order chi connectivity index (χ0) is 14.5. The number of aryl methyl sites for hydroxylation is 2. The summed E-state index contributed by atoms with van der Waals surface area (Å²) in [4.78, 5) is 11.1. The number of carbonyl (C=O) groups excluding carboxylic acids is 1. The number of thioether (sulfide) groups is 1. The maximum absolute atomic E-state index is 11.1. The molecule has 3 nitrogen and oxygen atoms in total. The lowest BCUT2D eigenvalue weighted by molar-refractivity contribution is -0.117. The Hall–Kier alpha value is -1.68. The highest BCUT2D eigenvalue weighted by molar-refractivity contribution is 8.04. The third-order valence-electron chi connectivity index (χ3n) is 3.21. The van der Waals surface area contributed by atoms with Crippen LogP contribution in [0.2, 0.25) is 0 Å². The average molecular weight is 289 g/mol. The number of hydrogen-bond donors (Lipinski definition) is 2. The van der Waals surface area contributed by atoms with Crippen molar-refractivity contribution in [3.05, 3.63) is 46.0 Å². The van der Waals surface area contributed by atoms with Crippen LogP contribution < -0.4 is 5.32 Å². The van der Waals surface area contributed by atoms with E-state index in [4.69, 9.17) is 0 Å². The lowest BCUT2D eigenvalue weighted by Crippen LogP contribution is -2.13. The average Bonchev–Trinajstić information content (AvgIpc) is 2.86. The molecule has 4 heteroatoms. The summed E-state index contributed by atoms with van der Waals surface area (Å²) >= 11 is 1.51. The molecule has 20 heavy (non-hydrogen) atoms. The van der Waals surface area contributed by atoms with Crippen molar-refractivity contribution in [3.8, 4) is 5.75 Å². The van der Waals surface area contributed by atoms with E-state index in [9.17, 15) is 9.90 Å². The molecule has 0 saturated carbocycles. The maximum Gasteiger partial charge on any atom is 0.235 e. The monoisotopic (exact) mass is 289 g/mol. The molecule has 0 radical (unpaired) electrons. The molecule has 0 unspecified atom stereocenters. The first-order valence-electron chi connectivity index (χ1n) is 6.79. The molecule has 1 aromatic carbocycles. The largest absolute Gasteiger partial charge is 0.507 e. The number of allylic oxidation sites excluding steroid dienone is 2. The van der Waals surface area contributed by atoms with Crippen LogP contribution in [0.25, 0.3) is 6.08 Å². The van der Waals surface area contributed by atoms with Crippen molar-refractivity contribution in [2.24, 2.45) is 0 Å². The molecule has 2 N–H and O–H groups in total. The summed E-state index contributed by atoms with van der Waals surface area (Å²) in [5, 5.41) is 13.7. The SMILES string of the molecule is CCc1cc(C=CC=C2NC(=O)CS2)cc(CC)c1O. The minimum Gasteiger partial charge on any atom is -0.507 e. The van der Waals surface area contributed by atoms with Crippen LogP contribution in [0.15, 0.2) is 29.3 Å². The van der Waals surface area contributed by atoms with Crippen molar-refractivity contribution >= 4 is 23.7 Å². The number of phenolic OH excluding ortho intramolecular Hbond substituents is 1. The maximum atomic E-state index is 11.1. The predicted octanol–water partition coefficient (Wildman–Crippen LogP) is 3.23. The van der Waals surface area contributed by atoms with Gasteiger partial charge in [-0.25, -0.2) is 0 Å². The standard InChI is InChI=1S/C16H19NO2S/c1-3-12-8-11(9-13(4-2)16(12)19)6-5-7-15-17-14(18)10-20-15/h5-9,19H,3-4,10H2,1-2H3,(H,17,18). The summed E-state index contributed by atoms with van der Waals surface area (Å²) in [6, 6.07) is 4.01. The number of carbonyl (C=O) groups is 1. The van der Waals surface area contributed by atoms with E-state index >= 15 is 0 Å². The van der Waals surface area contributed by atoms with Crippen molar-refractivity contribution in [2.45, 2.75) is 26.7 Å². The van der Waals surface area contributed by atoms with E-state index in [0.717, 1.165) is 34.6 Å². The number of phenols is 1. The fourth-order valence-electron chi connectivity index (χ4n) is 2.11. The lowest BCUT2D eigenvalue weighted by Gasteiger charge is -2.08. The van der Waals surface area contributed by atoms with Gasteiger partial charge in [0.05, 0.1) is 10.8 Å². The third kappa shape index (κ3) is 3.45. The quantitative estimate of drug-likeness (QED) is 0.894. The molecule has 1 aliphatic rings. The smallest absolute Gasteiger partial charge is 0.235 e. The van der Waals surface area contributed by atoms with Crippen molar-refractivity contribution in [1.29, 1.82) is 0 Å². The molecule has 2 rings (SSSR count). The van der Waals surface area contributed by atoms with Gasteiger partial charge in [-0.05, 0) is 47.7 Å². The van der Waals surface area contributed by atoms with Crippen molar-refractivity contribution < 1.29 is 9.90 Å². The van der Waals surface area contributed by atoms with Crippen LogP contribution in [0.1, 0.15) is 30.5 Å². The van der Waals surface area contributed by atoms with Gasteiger partial charge in [-0.1, -0.05) is 37.8 Å². The molecular formula is C16H19NO2S. The van der Waals surface area contributed by atoms with E-state index in [1.807, 2.05) is 44.2 Å². The van der Waals surface area contributed by atoms with E-state index < -0.39 is 0 Å². The van der Waals surface area contributed by atoms with E-state index in [0.29, 0.717) is 11.5 Å². The normalized spacial score (nSPS) is 17.1. The Labute approximate surface area is 123 Å². The van der Waals surface area contributed by atoms with Gasteiger partial charge in [0.2, 0.25) is 5.91 Å². The van der Waals surface area contributed by atoms with Crippen LogP contribution in [0, 0.1) is 0 Å². The van der Waals surface area contributed by atoms with Gasteiger partial charge < -0.3 is 10.4 Å². The van der Waals surface area contributed by atoms with Gasteiger partial charge >= 0.3 is 0 Å². The fraction of sp³-hybridized carbons (Fsp3) is 0.312. The lowest BCUT2D eigenvalue weighted by atomic mass is 10.0. The zero-order valence-electron chi connectivity index (χ0n) is 11.8. The Morgan fingerprint density at radius 3 is 2.45 bits per heavy atom. The molecule has 0 bridgehead atoms. The van der Waals surface area contributed by atoms with Gasteiger partial charge in [-0.3, -0.25) is 4.79 Å². The molecule has 1 saturated heterocycles. The molecule has 1 heterocycles. The minimum absolute atomic E-state index is 0.0563. The second-order valence-electron chi connectivity index (χ2n) is 4.62. The highest BCUT2D eigenvalue weighted by Gasteiger charge is 2.13. The second kappa shape index (κ2) is 6.66. The molecular weight excluding hydrogens is 270 g/mol. The van der Waals surface area contributed by atoms with E-state index in [2.05, 4.69) is 5.32 Å². The molecule has 1 fully saturated rings. The topological polar surface area (TPSA) is 49.3 Å². The second-order valence-corrected chi connectivity index (χ2v) is 5.64. The molecule has 1 aromatic rings. The van der Waals surface area contributed by atoms with Gasteiger partial charge in [-0.15, -0.1) is 0 Å². The number of nitrogens with one attached hydrogen (secondary N) is 1. The molecule has 1 amide bonds. The molecule has 106 valence electrons. The first-order chi connectivity index (χ1) is 9.63. The van der Waals surface area contributed by atoms with Gasteiger partial charge in [0.25, 0.3) is 0 Å². The third-order valence-corrected chi connectivity index (χ3v) is 4.17. The van der Waals surface area contributed by atoms with E-state index in [1.165, 1.54) is 11.8 Å². The number of rotatable bonds is 4. The Morgan fingerprint density at radius 1 is 1.30 bits per heavy atom. The summed E-state index contributed by atoms with van der Waals surface area (Å²) in [5.41, 5.74) is 3.02. The van der Waals surface area contributed by atoms with Crippen LogP contribution in [0.3, 0.4) is 0 Å². The van der Waals surface area contributed by atoms with Gasteiger partial charge in [-0.2, -0.15) is 0 Å². The van der Waals surface area contributed by atoms with Crippen molar-refractivity contribution in [2.75, 3.05) is 5.75 Å². The Balaban J connectivity index is 2.18. The predicted molar refractivity (Wildman–Crippen MR) is 84.6 cm³/mol. The summed E-state index contributed by atoms with van der Waals surface area (Å²) in [6.45, 7) is 4.07. The zero-order valence-corrected chi connectivity index (χ0v) is 12.6. The van der Waals surface area contributed by atoms with Crippen LogP contribution in [0.5, 0.6) is 5.75 Å². The highest BCUT2D eigenvalue weighted by atomic mass is 32.2. The van der Waals surface area contributed by atoms with Gasteiger partial charge in [0.15, 0.2) is 0 Å². The van der Waals surface area contributed by atoms with Crippen molar-refractivity contribution in [3.63, 3.8) is 0 Å². The summed E-state index contributed by atoms with van der Waals surface area (Å²) in [5.74, 6) is 0.976. The molecule has 0 aliphatic carbocycles. The first kappa shape index (κ1) is 14.7. The number of benzene rings is 1. The summed E-state index contributed by atoms with van der Waals surface area (Å²) < 4.78 is 0. The van der Waals surface area contributed by atoms with Crippen LogP contribution >= 0.6 is 11.8 Å². The molecule has 0 aromatic heterocycles. The fourth-order valence-corrected chi connectivity index (χ4v) is 2.83. The van der Waals surface area contributed by atoms with Crippen molar-refractivity contribution in [1.82, 2.24) is 5.32 Å². The number of hydrogen-bond acceptors (Lipinski definition) is 3. The molecule has 0 atom stereocenters. The first-order valence-corrected chi connectivity index (χ1v) is 7.78. The summed E-state index contributed by atoms with van der Waals surface area (Å²) in [7, 11) is 0. The van der Waals surface area contributed by atoms with Gasteiger partial charge in [0, 0.05) is 0 Å². The summed E-state index contributed by atoms with van der Waals surface area (Å²) in [6.07, 6.45) is 7.45. The minimum atomic E-state index is 0.0563. The Morgan fingerprint density at radius 2 is 1.95 bits per heavy atom. The van der Waals surface area contributed by atoms with Crippen LogP contribution in [0.4, 0.5) is 0 Å².